The van der Waals surface area contributed by atoms with Crippen LogP contribution in [0.4, 0.5) is 0 Å². The zero-order valence-corrected chi connectivity index (χ0v) is 24.6. The van der Waals surface area contributed by atoms with Crippen LogP contribution in [-0.2, 0) is 25.7 Å². The van der Waals surface area contributed by atoms with Crippen LogP contribution in [0, 0.1) is 0 Å². The topological polar surface area (TPSA) is 141 Å². The molecule has 0 spiro atoms. The van der Waals surface area contributed by atoms with Crippen molar-refractivity contribution in [2.75, 3.05) is 13.1 Å². The van der Waals surface area contributed by atoms with Gasteiger partial charge in [-0.2, -0.15) is 0 Å². The summed E-state index contributed by atoms with van der Waals surface area (Å²) in [6.07, 6.45) is 16.0. The number of nitrogens with one attached hydrogen (secondary N) is 1. The lowest BCUT2D eigenvalue weighted by atomic mass is 10.0. The number of carboxylic acids is 2. The van der Waals surface area contributed by atoms with Crippen molar-refractivity contribution in [3.63, 3.8) is 0 Å². The molecule has 0 unspecified atom stereocenters. The Morgan fingerprint density at radius 3 is 1.71 bits per heavy atom. The first-order chi connectivity index (χ1) is 19.8. The maximum Gasteiger partial charge on any atom is 0.305 e. The molecule has 0 aliphatic rings. The van der Waals surface area contributed by atoms with Crippen molar-refractivity contribution in [3.8, 4) is 0 Å². The summed E-state index contributed by atoms with van der Waals surface area (Å²) in [5.41, 5.74) is 1.37. The fourth-order valence-electron chi connectivity index (χ4n) is 4.64. The van der Waals surface area contributed by atoms with Crippen LogP contribution in [0.5, 0.6) is 0 Å². The standard InChI is InChI=1S/C32H50N2O7/c35-25-15-11-10-14-23-33-32(41)28-20-18-27(19-21-28)26-34(24-22-31(39)40)29(36)16-12-8-6-4-2-1-3-5-7-9-13-17-30(37)38/h18-21,25H,1-17,22-24,26H2,(H,33,41)(H,37,38)(H,39,40). The lowest BCUT2D eigenvalue weighted by molar-refractivity contribution is -0.139. The van der Waals surface area contributed by atoms with Gasteiger partial charge in [0.25, 0.3) is 5.91 Å². The Morgan fingerprint density at radius 2 is 1.17 bits per heavy atom. The highest BCUT2D eigenvalue weighted by Crippen LogP contribution is 2.15. The molecule has 3 N–H and O–H groups in total. The summed E-state index contributed by atoms with van der Waals surface area (Å²) in [6.45, 7) is 1.01. The number of aliphatic carboxylic acids is 2. The third-order valence-electron chi connectivity index (χ3n) is 7.10. The van der Waals surface area contributed by atoms with Gasteiger partial charge in [0.15, 0.2) is 0 Å². The monoisotopic (exact) mass is 574 g/mol. The van der Waals surface area contributed by atoms with Gasteiger partial charge >= 0.3 is 11.9 Å². The molecule has 230 valence electrons. The summed E-state index contributed by atoms with van der Waals surface area (Å²) in [6, 6.07) is 7.04. The highest BCUT2D eigenvalue weighted by molar-refractivity contribution is 5.94. The van der Waals surface area contributed by atoms with Gasteiger partial charge in [-0.25, -0.2) is 0 Å². The molecule has 0 radical (unpaired) electrons. The van der Waals surface area contributed by atoms with Gasteiger partial charge in [0.2, 0.25) is 5.91 Å². The average molecular weight is 575 g/mol. The Bertz CT molecular complexity index is 902. The second kappa shape index (κ2) is 23.5. The predicted octanol–water partition coefficient (Wildman–Crippen LogP) is 6.13. The van der Waals surface area contributed by atoms with Crippen LogP contribution in [0.1, 0.15) is 131 Å². The Morgan fingerprint density at radius 1 is 0.659 bits per heavy atom. The van der Waals surface area contributed by atoms with Crippen molar-refractivity contribution in [1.29, 1.82) is 0 Å². The number of unbranched alkanes of at least 4 members (excludes halogenated alkanes) is 13. The molecule has 0 aromatic heterocycles. The molecule has 9 heteroatoms. The van der Waals surface area contributed by atoms with E-state index in [9.17, 15) is 24.0 Å². The fraction of sp³-hybridized carbons (Fsp3) is 0.656. The van der Waals surface area contributed by atoms with E-state index in [4.69, 9.17) is 10.2 Å². The van der Waals surface area contributed by atoms with Crippen molar-refractivity contribution in [2.24, 2.45) is 0 Å². The highest BCUT2D eigenvalue weighted by atomic mass is 16.4. The molecule has 0 bridgehead atoms. The maximum absolute atomic E-state index is 12.9. The van der Waals surface area contributed by atoms with Crippen LogP contribution >= 0.6 is 0 Å². The molecule has 0 heterocycles. The van der Waals surface area contributed by atoms with Crippen molar-refractivity contribution >= 4 is 30.0 Å². The number of carbonyl (C=O) groups excluding carboxylic acids is 3. The van der Waals surface area contributed by atoms with E-state index >= 15 is 0 Å². The Kier molecular flexibility index (Phi) is 20.5. The zero-order valence-electron chi connectivity index (χ0n) is 24.6. The molecular weight excluding hydrogens is 524 g/mol. The molecule has 2 amide bonds. The first-order valence-corrected chi connectivity index (χ1v) is 15.4. The number of benzene rings is 1. The summed E-state index contributed by atoms with van der Waals surface area (Å²) in [7, 11) is 0. The van der Waals surface area contributed by atoms with E-state index in [0.29, 0.717) is 31.5 Å². The Labute approximate surface area is 245 Å². The number of carboxylic acid groups (broad SMARTS) is 2. The molecule has 1 aromatic rings. The van der Waals surface area contributed by atoms with Gasteiger partial charge in [0.1, 0.15) is 6.29 Å². The third kappa shape index (κ3) is 19.5. The van der Waals surface area contributed by atoms with Crippen LogP contribution in [0.2, 0.25) is 0 Å². The molecule has 0 aliphatic carbocycles. The number of hydrogen-bond acceptors (Lipinski definition) is 5. The van der Waals surface area contributed by atoms with Crippen molar-refractivity contribution in [3.05, 3.63) is 35.4 Å². The van der Waals surface area contributed by atoms with Crippen LogP contribution in [0.25, 0.3) is 0 Å². The van der Waals surface area contributed by atoms with Crippen LogP contribution < -0.4 is 5.32 Å². The van der Waals surface area contributed by atoms with Gasteiger partial charge < -0.3 is 25.2 Å². The zero-order chi connectivity index (χ0) is 30.1. The summed E-state index contributed by atoms with van der Waals surface area (Å²) >= 11 is 0. The third-order valence-corrected chi connectivity index (χ3v) is 7.10. The fourth-order valence-corrected chi connectivity index (χ4v) is 4.64. The minimum absolute atomic E-state index is 0.0504. The molecule has 1 aromatic carbocycles. The SMILES string of the molecule is O=CCCCCCNC(=O)c1ccc(CN(CCC(=O)O)C(=O)CCCCCCCCCCCCCC(=O)O)cc1. The van der Waals surface area contributed by atoms with Gasteiger partial charge in [-0.15, -0.1) is 0 Å². The molecule has 41 heavy (non-hydrogen) atoms. The lowest BCUT2D eigenvalue weighted by Crippen LogP contribution is -2.32. The highest BCUT2D eigenvalue weighted by Gasteiger charge is 2.16. The second-order valence-electron chi connectivity index (χ2n) is 10.7. The minimum Gasteiger partial charge on any atom is -0.481 e. The first-order valence-electron chi connectivity index (χ1n) is 15.4. The molecule has 1 rings (SSSR count). The van der Waals surface area contributed by atoms with E-state index in [-0.39, 0.29) is 31.2 Å². The smallest absolute Gasteiger partial charge is 0.305 e. The first kappa shape index (κ1) is 35.8. The molecule has 0 saturated heterocycles. The molecule has 9 nitrogen and oxygen atoms in total. The molecule has 0 saturated carbocycles. The Balaban J connectivity index is 2.32. The second-order valence-corrected chi connectivity index (χ2v) is 10.7. The summed E-state index contributed by atoms with van der Waals surface area (Å²) in [5.74, 6) is -1.88. The number of nitrogens with zero attached hydrogens (tertiary/aromatic N) is 1. The van der Waals surface area contributed by atoms with E-state index in [2.05, 4.69) is 5.32 Å². The molecule has 0 aliphatic heterocycles. The number of hydrogen-bond donors (Lipinski definition) is 3. The van der Waals surface area contributed by atoms with Crippen molar-refractivity contribution in [2.45, 2.75) is 122 Å². The molecule has 0 fully saturated rings. The van der Waals surface area contributed by atoms with E-state index in [1.807, 2.05) is 0 Å². The predicted molar refractivity (Wildman–Crippen MR) is 159 cm³/mol. The number of aldehydes is 1. The van der Waals surface area contributed by atoms with Crippen molar-refractivity contribution < 1.29 is 34.2 Å². The number of amides is 2. The molecule has 0 atom stereocenters. The number of rotatable bonds is 26. The van der Waals surface area contributed by atoms with E-state index in [0.717, 1.165) is 82.5 Å². The van der Waals surface area contributed by atoms with Gasteiger partial charge in [0, 0.05) is 44.5 Å². The van der Waals surface area contributed by atoms with Gasteiger partial charge in [-0.05, 0) is 43.4 Å². The van der Waals surface area contributed by atoms with E-state index in [1.54, 1.807) is 29.2 Å². The largest absolute Gasteiger partial charge is 0.481 e. The van der Waals surface area contributed by atoms with Gasteiger partial charge in [-0.3, -0.25) is 19.2 Å². The number of carbonyl (C=O) groups is 5. The molecular formula is C32H50N2O7. The summed E-state index contributed by atoms with van der Waals surface area (Å²) < 4.78 is 0. The lowest BCUT2D eigenvalue weighted by Gasteiger charge is -2.22. The van der Waals surface area contributed by atoms with Crippen LogP contribution in [0.3, 0.4) is 0 Å². The van der Waals surface area contributed by atoms with Crippen molar-refractivity contribution in [1.82, 2.24) is 10.2 Å². The van der Waals surface area contributed by atoms with Crippen LogP contribution in [0.15, 0.2) is 24.3 Å². The average Bonchev–Trinajstić information content (AvgIpc) is 2.95. The van der Waals surface area contributed by atoms with E-state index in [1.165, 1.54) is 19.3 Å². The van der Waals surface area contributed by atoms with E-state index < -0.39 is 11.9 Å². The Hall–Kier alpha value is -3.23. The minimum atomic E-state index is -0.943. The van der Waals surface area contributed by atoms with Crippen LogP contribution in [-0.4, -0.2) is 58.2 Å². The normalized spacial score (nSPS) is 10.7. The maximum atomic E-state index is 12.9. The summed E-state index contributed by atoms with van der Waals surface area (Å²) in [4.78, 5) is 58.8. The quantitative estimate of drug-likeness (QED) is 0.0892. The van der Waals surface area contributed by atoms with Gasteiger partial charge in [0.05, 0.1) is 6.42 Å². The van der Waals surface area contributed by atoms with Gasteiger partial charge in [-0.1, -0.05) is 76.3 Å². The summed E-state index contributed by atoms with van der Waals surface area (Å²) in [5, 5.41) is 20.6.